The summed E-state index contributed by atoms with van der Waals surface area (Å²) in [7, 11) is 0. The van der Waals surface area contributed by atoms with Crippen LogP contribution in [0.4, 0.5) is 0 Å². The number of carboxylic acids is 1. The van der Waals surface area contributed by atoms with Crippen LogP contribution in [0.2, 0.25) is 0 Å². The van der Waals surface area contributed by atoms with Gasteiger partial charge in [0.05, 0.1) is 6.10 Å². The summed E-state index contributed by atoms with van der Waals surface area (Å²) in [6.07, 6.45) is 2.90. The number of hydrogen-bond acceptors (Lipinski definition) is 2. The Kier molecular flexibility index (Phi) is 5.70. The second kappa shape index (κ2) is 7.07. The summed E-state index contributed by atoms with van der Waals surface area (Å²) in [6.45, 7) is 1.99. The normalized spacial score (nSPS) is 12.4. The molecular weight excluding hydrogens is 216 g/mol. The molecule has 0 aliphatic carbocycles. The van der Waals surface area contributed by atoms with Gasteiger partial charge in [-0.05, 0) is 30.9 Å². The van der Waals surface area contributed by atoms with Gasteiger partial charge < -0.3 is 10.2 Å². The van der Waals surface area contributed by atoms with Crippen LogP contribution in [0, 0.1) is 6.92 Å². The molecule has 1 aromatic carbocycles. The number of aryl methyl sites for hydroxylation is 1. The molecule has 1 unspecified atom stereocenters. The zero-order chi connectivity index (χ0) is 12.7. The van der Waals surface area contributed by atoms with Crippen molar-refractivity contribution in [3.8, 4) is 0 Å². The van der Waals surface area contributed by atoms with E-state index in [1.807, 2.05) is 31.2 Å². The molecule has 0 heterocycles. The molecule has 0 saturated carbocycles. The second-order valence-corrected chi connectivity index (χ2v) is 4.37. The number of aliphatic carboxylic acids is 1. The predicted molar refractivity (Wildman–Crippen MR) is 66.9 cm³/mol. The zero-order valence-corrected chi connectivity index (χ0v) is 10.2. The van der Waals surface area contributed by atoms with Crippen LogP contribution in [0.5, 0.6) is 0 Å². The number of hydrogen-bond donors (Lipinski definition) is 2. The van der Waals surface area contributed by atoms with E-state index in [-0.39, 0.29) is 6.42 Å². The summed E-state index contributed by atoms with van der Waals surface area (Å²) in [6, 6.07) is 7.81. The predicted octanol–water partition coefficient (Wildman–Crippen LogP) is 3.06. The van der Waals surface area contributed by atoms with Crippen molar-refractivity contribution >= 4 is 5.97 Å². The Balaban J connectivity index is 2.28. The average Bonchev–Trinajstić information content (AvgIpc) is 2.28. The van der Waals surface area contributed by atoms with Gasteiger partial charge >= 0.3 is 5.97 Å². The minimum absolute atomic E-state index is 0.223. The van der Waals surface area contributed by atoms with E-state index in [9.17, 15) is 9.90 Å². The smallest absolute Gasteiger partial charge is 0.303 e. The molecular formula is C14H20O3. The Labute approximate surface area is 102 Å². The van der Waals surface area contributed by atoms with Gasteiger partial charge in [-0.1, -0.05) is 37.1 Å². The topological polar surface area (TPSA) is 57.5 Å². The third-order valence-electron chi connectivity index (χ3n) is 2.92. The Morgan fingerprint density at radius 1 is 1.24 bits per heavy atom. The highest BCUT2D eigenvalue weighted by Crippen LogP contribution is 2.22. The lowest BCUT2D eigenvalue weighted by atomic mass is 9.99. The van der Waals surface area contributed by atoms with Crippen molar-refractivity contribution in [2.45, 2.75) is 45.1 Å². The lowest BCUT2D eigenvalue weighted by Crippen LogP contribution is -2.00. The number of carboxylic acid groups (broad SMARTS) is 1. The van der Waals surface area contributed by atoms with Crippen LogP contribution in [0.3, 0.4) is 0 Å². The number of benzene rings is 1. The monoisotopic (exact) mass is 236 g/mol. The maximum atomic E-state index is 10.3. The van der Waals surface area contributed by atoms with Crippen molar-refractivity contribution < 1.29 is 15.0 Å². The van der Waals surface area contributed by atoms with E-state index in [0.717, 1.165) is 24.0 Å². The first-order valence-corrected chi connectivity index (χ1v) is 6.06. The minimum atomic E-state index is -0.746. The van der Waals surface area contributed by atoms with E-state index in [4.69, 9.17) is 5.11 Å². The first-order chi connectivity index (χ1) is 8.11. The third kappa shape index (κ3) is 5.00. The van der Waals surface area contributed by atoms with Crippen molar-refractivity contribution in [2.75, 3.05) is 0 Å². The van der Waals surface area contributed by atoms with E-state index in [2.05, 4.69) is 0 Å². The molecule has 0 aromatic heterocycles. The first-order valence-electron chi connectivity index (χ1n) is 6.06. The molecule has 1 rings (SSSR count). The molecule has 3 heteroatoms. The van der Waals surface area contributed by atoms with Crippen LogP contribution in [0.1, 0.15) is 49.3 Å². The maximum absolute atomic E-state index is 10.3. The summed E-state index contributed by atoms with van der Waals surface area (Å²) < 4.78 is 0. The molecule has 0 aliphatic rings. The van der Waals surface area contributed by atoms with Crippen molar-refractivity contribution in [1.29, 1.82) is 0 Å². The molecule has 1 aromatic rings. The first kappa shape index (κ1) is 13.7. The summed E-state index contributed by atoms with van der Waals surface area (Å²) in [5.74, 6) is -0.746. The molecule has 0 saturated heterocycles. The van der Waals surface area contributed by atoms with E-state index < -0.39 is 12.1 Å². The summed E-state index contributed by atoms with van der Waals surface area (Å²) in [5.41, 5.74) is 2.08. The molecule has 0 amide bonds. The van der Waals surface area contributed by atoms with Gasteiger partial charge in [-0.3, -0.25) is 4.79 Å². The van der Waals surface area contributed by atoms with Crippen molar-refractivity contribution in [3.63, 3.8) is 0 Å². The van der Waals surface area contributed by atoms with Crippen LogP contribution in [-0.2, 0) is 4.79 Å². The second-order valence-electron chi connectivity index (χ2n) is 4.37. The Morgan fingerprint density at radius 2 is 1.94 bits per heavy atom. The van der Waals surface area contributed by atoms with Crippen molar-refractivity contribution in [3.05, 3.63) is 35.4 Å². The number of carbonyl (C=O) groups is 1. The highest BCUT2D eigenvalue weighted by molar-refractivity contribution is 5.66. The molecule has 0 radical (unpaired) electrons. The molecule has 17 heavy (non-hydrogen) atoms. The summed E-state index contributed by atoms with van der Waals surface area (Å²) in [5, 5.41) is 18.5. The number of aliphatic hydroxyl groups excluding tert-OH is 1. The third-order valence-corrected chi connectivity index (χ3v) is 2.92. The molecule has 3 nitrogen and oxygen atoms in total. The Morgan fingerprint density at radius 3 is 2.59 bits per heavy atom. The van der Waals surface area contributed by atoms with Gasteiger partial charge in [0.25, 0.3) is 0 Å². The van der Waals surface area contributed by atoms with E-state index in [1.54, 1.807) is 0 Å². The molecule has 0 spiro atoms. The largest absolute Gasteiger partial charge is 0.481 e. The molecule has 0 bridgehead atoms. The van der Waals surface area contributed by atoms with Crippen LogP contribution in [-0.4, -0.2) is 16.2 Å². The Hall–Kier alpha value is -1.35. The van der Waals surface area contributed by atoms with Crippen LogP contribution in [0.15, 0.2) is 24.3 Å². The van der Waals surface area contributed by atoms with Gasteiger partial charge in [0.15, 0.2) is 0 Å². The van der Waals surface area contributed by atoms with Crippen molar-refractivity contribution in [1.82, 2.24) is 0 Å². The van der Waals surface area contributed by atoms with E-state index in [1.165, 1.54) is 0 Å². The highest BCUT2D eigenvalue weighted by Gasteiger charge is 2.09. The van der Waals surface area contributed by atoms with Gasteiger partial charge in [-0.25, -0.2) is 0 Å². The fourth-order valence-electron chi connectivity index (χ4n) is 1.91. The fourth-order valence-corrected chi connectivity index (χ4v) is 1.91. The highest BCUT2D eigenvalue weighted by atomic mass is 16.4. The Bertz CT molecular complexity index is 360. The van der Waals surface area contributed by atoms with Gasteiger partial charge in [-0.15, -0.1) is 0 Å². The van der Waals surface area contributed by atoms with Gasteiger partial charge in [0, 0.05) is 6.42 Å². The number of rotatable bonds is 7. The van der Waals surface area contributed by atoms with Gasteiger partial charge in [-0.2, -0.15) is 0 Å². The van der Waals surface area contributed by atoms with E-state index in [0.29, 0.717) is 12.8 Å². The SMILES string of the molecule is Cc1ccccc1C(O)CCCCCC(=O)O. The quantitative estimate of drug-likeness (QED) is 0.715. The van der Waals surface area contributed by atoms with Gasteiger partial charge in [0.1, 0.15) is 0 Å². The lowest BCUT2D eigenvalue weighted by Gasteiger charge is -2.13. The van der Waals surface area contributed by atoms with Crippen LogP contribution in [0.25, 0.3) is 0 Å². The zero-order valence-electron chi connectivity index (χ0n) is 10.2. The lowest BCUT2D eigenvalue weighted by molar-refractivity contribution is -0.137. The maximum Gasteiger partial charge on any atom is 0.303 e. The van der Waals surface area contributed by atoms with E-state index >= 15 is 0 Å². The number of aliphatic hydroxyl groups is 1. The summed E-state index contributed by atoms with van der Waals surface area (Å²) >= 11 is 0. The molecule has 1 atom stereocenters. The summed E-state index contributed by atoms with van der Waals surface area (Å²) in [4.78, 5) is 10.3. The van der Waals surface area contributed by atoms with Crippen LogP contribution < -0.4 is 0 Å². The molecule has 94 valence electrons. The fraction of sp³-hybridized carbons (Fsp3) is 0.500. The molecule has 0 aliphatic heterocycles. The van der Waals surface area contributed by atoms with Crippen molar-refractivity contribution in [2.24, 2.45) is 0 Å². The standard InChI is InChI=1S/C14H20O3/c1-11-7-5-6-8-12(11)13(15)9-3-2-4-10-14(16)17/h5-8,13,15H,2-4,9-10H2,1H3,(H,16,17). The average molecular weight is 236 g/mol. The minimum Gasteiger partial charge on any atom is -0.481 e. The van der Waals surface area contributed by atoms with Gasteiger partial charge in [0.2, 0.25) is 0 Å². The number of unbranched alkanes of at least 4 members (excludes halogenated alkanes) is 2. The molecule has 0 fully saturated rings. The van der Waals surface area contributed by atoms with Crippen LogP contribution >= 0.6 is 0 Å². The molecule has 2 N–H and O–H groups in total.